The van der Waals surface area contributed by atoms with E-state index in [2.05, 4.69) is 26.0 Å². The molecule has 1 heteroatoms. The molecule has 0 spiro atoms. The topological polar surface area (TPSA) is 20.2 Å². The molecule has 0 radical (unpaired) electrons. The maximum atomic E-state index is 9.79. The second kappa shape index (κ2) is 9.88. The summed E-state index contributed by atoms with van der Waals surface area (Å²) in [4.78, 5) is 0. The molecule has 4 rings (SSSR count). The molecule has 0 bridgehead atoms. The highest BCUT2D eigenvalue weighted by atomic mass is 16.3. The number of aliphatic hydroxyl groups is 1. The molecule has 1 nitrogen and oxygen atoms in total. The SMILES string of the molecule is CC(C)(C1CC=CCC1)C1CCC(CC2CCC(C3CCC(O)CC3)CC2)CC1. The van der Waals surface area contributed by atoms with Crippen molar-refractivity contribution in [2.75, 3.05) is 0 Å². The molecule has 0 aliphatic heterocycles. The van der Waals surface area contributed by atoms with E-state index in [-0.39, 0.29) is 6.10 Å². The molecule has 0 heterocycles. The van der Waals surface area contributed by atoms with Crippen LogP contribution in [0.25, 0.3) is 0 Å². The van der Waals surface area contributed by atoms with Crippen molar-refractivity contribution in [2.24, 2.45) is 40.9 Å². The van der Waals surface area contributed by atoms with Crippen molar-refractivity contribution in [1.82, 2.24) is 0 Å². The van der Waals surface area contributed by atoms with Crippen molar-refractivity contribution in [1.29, 1.82) is 0 Å². The minimum atomic E-state index is 0.0114. The van der Waals surface area contributed by atoms with Crippen molar-refractivity contribution in [2.45, 2.75) is 123 Å². The van der Waals surface area contributed by atoms with E-state index in [1.165, 1.54) is 89.9 Å². The van der Waals surface area contributed by atoms with Crippen LogP contribution < -0.4 is 0 Å². The third-order valence-corrected chi connectivity index (χ3v) is 10.2. The average Bonchev–Trinajstić information content (AvgIpc) is 2.76. The molecule has 4 aliphatic carbocycles. The van der Waals surface area contributed by atoms with E-state index in [1.54, 1.807) is 0 Å². The fraction of sp³-hybridized carbons (Fsp3) is 0.929. The Morgan fingerprint density at radius 1 is 0.655 bits per heavy atom. The highest BCUT2D eigenvalue weighted by molar-refractivity contribution is 4.97. The summed E-state index contributed by atoms with van der Waals surface area (Å²) < 4.78 is 0. The lowest BCUT2D eigenvalue weighted by Crippen LogP contribution is -2.36. The lowest BCUT2D eigenvalue weighted by molar-refractivity contribution is 0.0538. The van der Waals surface area contributed by atoms with Crippen LogP contribution in [0.3, 0.4) is 0 Å². The van der Waals surface area contributed by atoms with Gasteiger partial charge < -0.3 is 5.11 Å². The van der Waals surface area contributed by atoms with Gasteiger partial charge in [0.05, 0.1) is 6.10 Å². The van der Waals surface area contributed by atoms with Crippen molar-refractivity contribution >= 4 is 0 Å². The van der Waals surface area contributed by atoms with Gasteiger partial charge in [0, 0.05) is 0 Å². The van der Waals surface area contributed by atoms with Gasteiger partial charge in [-0.05, 0) is 118 Å². The van der Waals surface area contributed by atoms with Crippen LogP contribution in [0.1, 0.15) is 117 Å². The molecular weight excluding hydrogens is 352 g/mol. The van der Waals surface area contributed by atoms with Crippen LogP contribution in [0.15, 0.2) is 12.2 Å². The fourth-order valence-corrected chi connectivity index (χ4v) is 7.88. The van der Waals surface area contributed by atoms with Gasteiger partial charge in [-0.25, -0.2) is 0 Å². The van der Waals surface area contributed by atoms with E-state index in [1.807, 2.05) is 0 Å². The lowest BCUT2D eigenvalue weighted by atomic mass is 9.60. The molecule has 0 aromatic heterocycles. The summed E-state index contributed by atoms with van der Waals surface area (Å²) >= 11 is 0. The fourth-order valence-electron chi connectivity index (χ4n) is 7.88. The molecule has 4 aliphatic rings. The molecule has 166 valence electrons. The van der Waals surface area contributed by atoms with Crippen LogP contribution >= 0.6 is 0 Å². The Kier molecular flexibility index (Phi) is 7.47. The number of hydrogen-bond donors (Lipinski definition) is 1. The zero-order valence-corrected chi connectivity index (χ0v) is 19.5. The van der Waals surface area contributed by atoms with Crippen molar-refractivity contribution in [3.8, 4) is 0 Å². The predicted molar refractivity (Wildman–Crippen MR) is 124 cm³/mol. The summed E-state index contributed by atoms with van der Waals surface area (Å²) in [5, 5.41) is 9.79. The van der Waals surface area contributed by atoms with E-state index in [0.717, 1.165) is 48.3 Å². The van der Waals surface area contributed by atoms with Gasteiger partial charge >= 0.3 is 0 Å². The first kappa shape index (κ1) is 21.9. The Morgan fingerprint density at radius 2 is 1.21 bits per heavy atom. The largest absolute Gasteiger partial charge is 0.393 e. The summed E-state index contributed by atoms with van der Waals surface area (Å²) in [6.07, 6.45) is 27.2. The van der Waals surface area contributed by atoms with Crippen molar-refractivity contribution in [3.05, 3.63) is 12.2 Å². The van der Waals surface area contributed by atoms with Crippen LogP contribution in [-0.4, -0.2) is 11.2 Å². The third kappa shape index (κ3) is 5.50. The van der Waals surface area contributed by atoms with Crippen LogP contribution in [0.4, 0.5) is 0 Å². The highest BCUT2D eigenvalue weighted by Crippen LogP contribution is 2.50. The Balaban J connectivity index is 1.17. The van der Waals surface area contributed by atoms with E-state index in [4.69, 9.17) is 0 Å². The summed E-state index contributed by atoms with van der Waals surface area (Å²) in [5.74, 6) is 5.86. The summed E-state index contributed by atoms with van der Waals surface area (Å²) in [6, 6.07) is 0. The smallest absolute Gasteiger partial charge is 0.0540 e. The van der Waals surface area contributed by atoms with Gasteiger partial charge in [-0.1, -0.05) is 51.7 Å². The third-order valence-electron chi connectivity index (χ3n) is 10.2. The summed E-state index contributed by atoms with van der Waals surface area (Å²) in [7, 11) is 0. The first-order valence-corrected chi connectivity index (χ1v) is 13.4. The molecule has 0 saturated heterocycles. The molecule has 0 aromatic rings. The maximum Gasteiger partial charge on any atom is 0.0540 e. The van der Waals surface area contributed by atoms with Gasteiger partial charge in [-0.15, -0.1) is 0 Å². The van der Waals surface area contributed by atoms with Gasteiger partial charge in [-0.2, -0.15) is 0 Å². The number of rotatable bonds is 5. The Morgan fingerprint density at radius 3 is 1.76 bits per heavy atom. The van der Waals surface area contributed by atoms with Crippen LogP contribution in [-0.2, 0) is 0 Å². The second-order valence-corrected chi connectivity index (χ2v) is 12.1. The van der Waals surface area contributed by atoms with E-state index >= 15 is 0 Å². The average molecular weight is 401 g/mol. The maximum absolute atomic E-state index is 9.79. The van der Waals surface area contributed by atoms with E-state index < -0.39 is 0 Å². The van der Waals surface area contributed by atoms with Gasteiger partial charge in [0.25, 0.3) is 0 Å². The highest BCUT2D eigenvalue weighted by Gasteiger charge is 2.39. The van der Waals surface area contributed by atoms with Gasteiger partial charge in [0.1, 0.15) is 0 Å². The Hall–Kier alpha value is -0.300. The van der Waals surface area contributed by atoms with Gasteiger partial charge in [-0.3, -0.25) is 0 Å². The number of aliphatic hydroxyl groups excluding tert-OH is 1. The normalized spacial score (nSPS) is 42.0. The molecule has 1 N–H and O–H groups in total. The lowest BCUT2D eigenvalue weighted by Gasteiger charge is -2.45. The second-order valence-electron chi connectivity index (χ2n) is 12.1. The molecular formula is C28H48O. The molecule has 1 atom stereocenters. The Labute approximate surface area is 181 Å². The van der Waals surface area contributed by atoms with Crippen LogP contribution in [0.2, 0.25) is 0 Å². The quantitative estimate of drug-likeness (QED) is 0.465. The minimum absolute atomic E-state index is 0.0114. The van der Waals surface area contributed by atoms with Gasteiger partial charge in [0.15, 0.2) is 0 Å². The van der Waals surface area contributed by atoms with Crippen LogP contribution in [0, 0.1) is 40.9 Å². The van der Waals surface area contributed by atoms with E-state index in [0.29, 0.717) is 5.41 Å². The number of allylic oxidation sites excluding steroid dienone is 2. The molecule has 29 heavy (non-hydrogen) atoms. The molecule has 3 saturated carbocycles. The molecule has 1 unspecified atom stereocenters. The van der Waals surface area contributed by atoms with E-state index in [9.17, 15) is 5.11 Å². The molecule has 0 aromatic carbocycles. The standard InChI is InChI=1S/C28H48O/c1-28(2,25-6-4-3-5-7-25)26-16-10-22(11-17-26)20-21-8-12-23(13-9-21)24-14-18-27(29)19-15-24/h3-4,21-27,29H,5-20H2,1-2H3. The first-order valence-electron chi connectivity index (χ1n) is 13.4. The van der Waals surface area contributed by atoms with Crippen LogP contribution in [0.5, 0.6) is 0 Å². The minimum Gasteiger partial charge on any atom is -0.393 e. The van der Waals surface area contributed by atoms with Gasteiger partial charge in [0.2, 0.25) is 0 Å². The van der Waals surface area contributed by atoms with Crippen molar-refractivity contribution in [3.63, 3.8) is 0 Å². The zero-order valence-electron chi connectivity index (χ0n) is 19.5. The zero-order chi connectivity index (χ0) is 20.3. The molecule has 3 fully saturated rings. The van der Waals surface area contributed by atoms with Crippen molar-refractivity contribution < 1.29 is 5.11 Å². The summed E-state index contributed by atoms with van der Waals surface area (Å²) in [5.41, 5.74) is 0.543. The molecule has 0 amide bonds. The summed E-state index contributed by atoms with van der Waals surface area (Å²) in [6.45, 7) is 5.18. The monoisotopic (exact) mass is 400 g/mol. The Bertz CT molecular complexity index is 510. The first-order chi connectivity index (χ1) is 14.0. The predicted octanol–water partition coefficient (Wildman–Crippen LogP) is 7.92. The number of hydrogen-bond acceptors (Lipinski definition) is 1.